The molecule has 2 aromatic carbocycles. The average molecular weight is 437 g/mol. The molecular formula is C20H21ClN2O7. The number of carbonyl (C=O) groups excluding carboxylic acids is 2. The molecule has 9 nitrogen and oxygen atoms in total. The van der Waals surface area contributed by atoms with Crippen molar-refractivity contribution in [1.29, 1.82) is 0 Å². The van der Waals surface area contributed by atoms with Gasteiger partial charge in [-0.3, -0.25) is 14.9 Å². The maximum Gasteiger partial charge on any atom is 0.338 e. The number of nitrogens with one attached hydrogen (secondary N) is 1. The van der Waals surface area contributed by atoms with E-state index in [0.717, 1.165) is 18.9 Å². The minimum atomic E-state index is -0.742. The fraction of sp³-hybridized carbons (Fsp3) is 0.300. The van der Waals surface area contributed by atoms with Crippen LogP contribution in [0.2, 0.25) is 5.02 Å². The number of methoxy groups -OCH3 is 1. The number of non-ortho nitro benzene ring substituents is 1. The minimum absolute atomic E-state index is 0.0437. The Morgan fingerprint density at radius 1 is 1.17 bits per heavy atom. The average Bonchev–Trinajstić information content (AvgIpc) is 2.73. The summed E-state index contributed by atoms with van der Waals surface area (Å²) in [6.45, 7) is 1.97. The largest absolute Gasteiger partial charge is 0.493 e. The van der Waals surface area contributed by atoms with E-state index in [1.54, 1.807) is 6.07 Å². The van der Waals surface area contributed by atoms with Gasteiger partial charge in [-0.25, -0.2) is 4.79 Å². The number of carbonyl (C=O) groups is 2. The quantitative estimate of drug-likeness (QED) is 0.256. The molecule has 0 saturated heterocycles. The van der Waals surface area contributed by atoms with Gasteiger partial charge in [-0.1, -0.05) is 24.9 Å². The molecule has 0 aromatic heterocycles. The van der Waals surface area contributed by atoms with E-state index in [4.69, 9.17) is 25.8 Å². The summed E-state index contributed by atoms with van der Waals surface area (Å²) in [4.78, 5) is 34.5. The van der Waals surface area contributed by atoms with E-state index < -0.39 is 23.4 Å². The highest BCUT2D eigenvalue weighted by Crippen LogP contribution is 2.29. The molecular weight excluding hydrogens is 416 g/mol. The van der Waals surface area contributed by atoms with Crippen LogP contribution in [0.3, 0.4) is 0 Å². The second-order valence-electron chi connectivity index (χ2n) is 6.11. The zero-order valence-electron chi connectivity index (χ0n) is 16.5. The van der Waals surface area contributed by atoms with Crippen LogP contribution in [0.15, 0.2) is 36.4 Å². The third kappa shape index (κ3) is 6.35. The molecule has 1 N–H and O–H groups in total. The predicted octanol–water partition coefficient (Wildman–Crippen LogP) is 4.23. The Balaban J connectivity index is 1.97. The molecule has 10 heteroatoms. The van der Waals surface area contributed by atoms with Gasteiger partial charge in [0.15, 0.2) is 18.1 Å². The number of benzene rings is 2. The van der Waals surface area contributed by atoms with Crippen molar-refractivity contribution in [1.82, 2.24) is 0 Å². The van der Waals surface area contributed by atoms with Gasteiger partial charge in [0, 0.05) is 12.1 Å². The number of nitro groups is 1. The van der Waals surface area contributed by atoms with Gasteiger partial charge >= 0.3 is 5.97 Å². The SMILES string of the molecule is CCCCOc1ccc(C(=O)OCC(=O)Nc2cc([N+](=O)[O-])ccc2Cl)cc1OC. The van der Waals surface area contributed by atoms with Gasteiger partial charge in [0.1, 0.15) is 0 Å². The first-order valence-corrected chi connectivity index (χ1v) is 9.45. The molecule has 0 radical (unpaired) electrons. The van der Waals surface area contributed by atoms with Gasteiger partial charge in [-0.15, -0.1) is 0 Å². The Labute approximate surface area is 178 Å². The van der Waals surface area contributed by atoms with E-state index in [0.29, 0.717) is 18.1 Å². The summed E-state index contributed by atoms with van der Waals surface area (Å²) in [5.74, 6) is -0.570. The molecule has 0 atom stereocenters. The van der Waals surface area contributed by atoms with E-state index in [-0.39, 0.29) is 22.0 Å². The summed E-state index contributed by atoms with van der Waals surface area (Å²) in [7, 11) is 1.45. The van der Waals surface area contributed by atoms with Gasteiger partial charge in [0.25, 0.3) is 11.6 Å². The van der Waals surface area contributed by atoms with E-state index in [1.165, 1.54) is 31.4 Å². The van der Waals surface area contributed by atoms with Crippen molar-refractivity contribution in [3.05, 3.63) is 57.1 Å². The van der Waals surface area contributed by atoms with Crippen LogP contribution in [0.1, 0.15) is 30.1 Å². The van der Waals surface area contributed by atoms with Crippen LogP contribution >= 0.6 is 11.6 Å². The lowest BCUT2D eigenvalue weighted by Crippen LogP contribution is -2.21. The molecule has 0 bridgehead atoms. The summed E-state index contributed by atoms with van der Waals surface area (Å²) in [6.07, 6.45) is 1.87. The molecule has 0 aliphatic carbocycles. The summed E-state index contributed by atoms with van der Waals surface area (Å²) >= 11 is 5.93. The molecule has 0 unspecified atom stereocenters. The lowest BCUT2D eigenvalue weighted by molar-refractivity contribution is -0.384. The maximum atomic E-state index is 12.2. The number of nitro benzene ring substituents is 1. The van der Waals surface area contributed by atoms with Crippen molar-refractivity contribution in [2.45, 2.75) is 19.8 Å². The third-order valence-corrected chi connectivity index (χ3v) is 4.25. The Bertz CT molecular complexity index is 933. The van der Waals surface area contributed by atoms with Crippen molar-refractivity contribution in [3.8, 4) is 11.5 Å². The number of amides is 1. The molecule has 0 saturated carbocycles. The zero-order chi connectivity index (χ0) is 22.1. The lowest BCUT2D eigenvalue weighted by atomic mass is 10.2. The van der Waals surface area contributed by atoms with Gasteiger partial charge in [-0.2, -0.15) is 0 Å². The number of halogens is 1. The maximum absolute atomic E-state index is 12.2. The molecule has 0 heterocycles. The summed E-state index contributed by atoms with van der Waals surface area (Å²) < 4.78 is 15.8. The normalized spacial score (nSPS) is 10.2. The Morgan fingerprint density at radius 3 is 2.60 bits per heavy atom. The molecule has 0 aliphatic rings. The molecule has 2 rings (SSSR count). The Hall–Kier alpha value is -3.33. The second kappa shape index (κ2) is 11.0. The highest BCUT2D eigenvalue weighted by molar-refractivity contribution is 6.33. The second-order valence-corrected chi connectivity index (χ2v) is 6.52. The highest BCUT2D eigenvalue weighted by atomic mass is 35.5. The summed E-state index contributed by atoms with van der Waals surface area (Å²) in [5.41, 5.74) is -0.0157. The number of rotatable bonds is 10. The Morgan fingerprint density at radius 2 is 1.93 bits per heavy atom. The number of hydrogen-bond donors (Lipinski definition) is 1. The van der Waals surface area contributed by atoms with Gasteiger partial charge in [0.05, 0.1) is 34.9 Å². The molecule has 1 amide bonds. The van der Waals surface area contributed by atoms with Crippen molar-refractivity contribution in [3.63, 3.8) is 0 Å². The van der Waals surface area contributed by atoms with E-state index in [9.17, 15) is 19.7 Å². The standard InChI is InChI=1S/C20H21ClN2O7/c1-3-4-9-29-17-8-5-13(10-18(17)28-2)20(25)30-12-19(24)22-16-11-14(23(26)27)6-7-15(16)21/h5-8,10-11H,3-4,9,12H2,1-2H3,(H,22,24). The number of nitrogens with zero attached hydrogens (tertiary/aromatic N) is 1. The van der Waals surface area contributed by atoms with Crippen LogP contribution in [-0.4, -0.2) is 37.1 Å². The van der Waals surface area contributed by atoms with Crippen molar-refractivity contribution < 1.29 is 28.7 Å². The number of esters is 1. The fourth-order valence-electron chi connectivity index (χ4n) is 2.36. The fourth-order valence-corrected chi connectivity index (χ4v) is 2.53. The zero-order valence-corrected chi connectivity index (χ0v) is 17.2. The molecule has 0 fully saturated rings. The first-order chi connectivity index (χ1) is 14.3. The molecule has 0 aliphatic heterocycles. The number of hydrogen-bond acceptors (Lipinski definition) is 7. The van der Waals surface area contributed by atoms with E-state index in [2.05, 4.69) is 5.32 Å². The predicted molar refractivity (Wildman–Crippen MR) is 110 cm³/mol. The van der Waals surface area contributed by atoms with Gasteiger partial charge in [0.2, 0.25) is 0 Å². The van der Waals surface area contributed by atoms with E-state index >= 15 is 0 Å². The van der Waals surface area contributed by atoms with Crippen LogP contribution in [0.4, 0.5) is 11.4 Å². The smallest absolute Gasteiger partial charge is 0.338 e. The topological polar surface area (TPSA) is 117 Å². The summed E-state index contributed by atoms with van der Waals surface area (Å²) in [5, 5.41) is 13.3. The van der Waals surface area contributed by atoms with Gasteiger partial charge in [-0.05, 0) is 30.7 Å². The van der Waals surface area contributed by atoms with Crippen LogP contribution in [0.5, 0.6) is 11.5 Å². The molecule has 2 aromatic rings. The highest BCUT2D eigenvalue weighted by Gasteiger charge is 2.16. The van der Waals surface area contributed by atoms with Crippen LogP contribution in [0, 0.1) is 10.1 Å². The summed E-state index contributed by atoms with van der Waals surface area (Å²) in [6, 6.07) is 8.16. The monoisotopic (exact) mass is 436 g/mol. The van der Waals surface area contributed by atoms with Crippen LogP contribution in [0.25, 0.3) is 0 Å². The third-order valence-electron chi connectivity index (χ3n) is 3.92. The van der Waals surface area contributed by atoms with Crippen molar-refractivity contribution in [2.75, 3.05) is 25.6 Å². The lowest BCUT2D eigenvalue weighted by Gasteiger charge is -2.12. The first-order valence-electron chi connectivity index (χ1n) is 9.07. The number of ether oxygens (including phenoxy) is 3. The van der Waals surface area contributed by atoms with Crippen LogP contribution < -0.4 is 14.8 Å². The van der Waals surface area contributed by atoms with E-state index in [1.807, 2.05) is 6.92 Å². The van der Waals surface area contributed by atoms with Crippen LogP contribution in [-0.2, 0) is 9.53 Å². The number of anilines is 1. The number of unbranched alkanes of at least 4 members (excludes halogenated alkanes) is 1. The first kappa shape index (κ1) is 23.0. The molecule has 30 heavy (non-hydrogen) atoms. The van der Waals surface area contributed by atoms with Crippen molar-refractivity contribution >= 4 is 34.9 Å². The van der Waals surface area contributed by atoms with Crippen molar-refractivity contribution in [2.24, 2.45) is 0 Å². The minimum Gasteiger partial charge on any atom is -0.493 e. The molecule has 0 spiro atoms. The molecule has 160 valence electrons. The van der Waals surface area contributed by atoms with Gasteiger partial charge < -0.3 is 19.5 Å². The Kier molecular flexibility index (Phi) is 8.42.